The summed E-state index contributed by atoms with van der Waals surface area (Å²) in [5.41, 5.74) is 0.825. The summed E-state index contributed by atoms with van der Waals surface area (Å²) in [6.45, 7) is 9.34. The molecule has 1 N–H and O–H groups in total. The molecule has 0 spiro atoms. The zero-order valence-corrected chi connectivity index (χ0v) is 20.8. The Labute approximate surface area is 213 Å². The number of carbonyl (C=O) groups excluding carboxylic acids is 1. The monoisotopic (exact) mass is 504 g/mol. The first-order valence-corrected chi connectivity index (χ1v) is 12.2. The third-order valence-corrected chi connectivity index (χ3v) is 7.16. The Morgan fingerprint density at radius 3 is 2.72 bits per heavy atom. The summed E-state index contributed by atoms with van der Waals surface area (Å²) in [5.74, 6) is 0.130. The van der Waals surface area contributed by atoms with Gasteiger partial charge in [0, 0.05) is 30.6 Å². The largest absolute Gasteiger partial charge is 0.508 e. The smallest absolute Gasteiger partial charge is 0.246 e. The van der Waals surface area contributed by atoms with Crippen molar-refractivity contribution in [3.05, 3.63) is 72.3 Å². The fourth-order valence-corrected chi connectivity index (χ4v) is 5.37. The van der Waals surface area contributed by atoms with Crippen LogP contribution in [-0.2, 0) is 4.79 Å². The summed E-state index contributed by atoms with van der Waals surface area (Å²) in [6, 6.07) is 12.2. The molecular formula is C28H26ClFN4O2. The molecule has 6 nitrogen and oxygen atoms in total. The van der Waals surface area contributed by atoms with Crippen molar-refractivity contribution in [1.29, 1.82) is 0 Å². The van der Waals surface area contributed by atoms with Crippen molar-refractivity contribution in [3.63, 3.8) is 0 Å². The normalized spacial score (nSPS) is 16.2. The van der Waals surface area contributed by atoms with E-state index in [0.29, 0.717) is 36.4 Å². The molecule has 0 saturated carbocycles. The first-order chi connectivity index (χ1) is 17.3. The van der Waals surface area contributed by atoms with Crippen LogP contribution in [0.1, 0.15) is 13.8 Å². The van der Waals surface area contributed by atoms with Crippen LogP contribution in [-0.4, -0.2) is 51.6 Å². The number of benzene rings is 3. The number of aromatic nitrogens is 2. The Morgan fingerprint density at radius 2 is 1.97 bits per heavy atom. The van der Waals surface area contributed by atoms with Crippen molar-refractivity contribution >= 4 is 45.0 Å². The second-order valence-electron chi connectivity index (χ2n) is 9.35. The first-order valence-electron chi connectivity index (χ1n) is 11.8. The second kappa shape index (κ2) is 9.39. The van der Waals surface area contributed by atoms with Crippen LogP contribution in [0.15, 0.2) is 61.4 Å². The summed E-state index contributed by atoms with van der Waals surface area (Å²) >= 11 is 6.71. The van der Waals surface area contributed by atoms with Gasteiger partial charge >= 0.3 is 0 Å². The highest BCUT2D eigenvalue weighted by atomic mass is 35.5. The van der Waals surface area contributed by atoms with Crippen LogP contribution in [0.5, 0.6) is 5.75 Å². The van der Waals surface area contributed by atoms with Gasteiger partial charge in [-0.1, -0.05) is 56.3 Å². The lowest BCUT2D eigenvalue weighted by molar-refractivity contribution is -0.129. The minimum atomic E-state index is -0.571. The van der Waals surface area contributed by atoms with Gasteiger partial charge in [0.05, 0.1) is 11.1 Å². The van der Waals surface area contributed by atoms with Crippen LogP contribution in [0, 0.1) is 11.7 Å². The molecule has 4 aromatic rings. The summed E-state index contributed by atoms with van der Waals surface area (Å²) in [5, 5.41) is 12.5. The number of aromatic hydroxyl groups is 1. The number of anilines is 1. The molecule has 8 heteroatoms. The molecule has 1 aromatic heterocycles. The molecule has 1 fully saturated rings. The molecule has 1 aliphatic rings. The Bertz CT molecular complexity index is 1510. The lowest BCUT2D eigenvalue weighted by Gasteiger charge is -2.43. The highest BCUT2D eigenvalue weighted by Gasteiger charge is 2.33. The molecule has 0 aliphatic carbocycles. The van der Waals surface area contributed by atoms with Gasteiger partial charge in [0.15, 0.2) is 5.82 Å². The standard InChI is InChI=1S/C28H26ClFN4O2/c1-4-24(36)34-10-9-33(14-23(34)16(2)3)28-21-13-22(29)25(26(30)27(21)31-15-32-28)20-12-18(35)11-17-7-5-6-8-19(17)20/h4-8,11-13,15-16,23,35H,1,9-10,14H2,2-3H3. The molecule has 36 heavy (non-hydrogen) atoms. The van der Waals surface area contributed by atoms with E-state index in [-0.39, 0.29) is 39.7 Å². The van der Waals surface area contributed by atoms with Crippen LogP contribution in [0.3, 0.4) is 0 Å². The second-order valence-corrected chi connectivity index (χ2v) is 9.76. The maximum Gasteiger partial charge on any atom is 0.246 e. The van der Waals surface area contributed by atoms with Gasteiger partial charge in [-0.25, -0.2) is 14.4 Å². The van der Waals surface area contributed by atoms with Crippen molar-refractivity contribution in [2.45, 2.75) is 19.9 Å². The molecule has 2 heterocycles. The van der Waals surface area contributed by atoms with Crippen molar-refractivity contribution in [2.24, 2.45) is 5.92 Å². The third-order valence-electron chi connectivity index (χ3n) is 6.86. The van der Waals surface area contributed by atoms with Gasteiger partial charge in [-0.2, -0.15) is 0 Å². The van der Waals surface area contributed by atoms with Crippen LogP contribution in [0.4, 0.5) is 10.2 Å². The lowest BCUT2D eigenvalue weighted by Crippen LogP contribution is -2.57. The van der Waals surface area contributed by atoms with Gasteiger partial charge in [-0.05, 0) is 46.5 Å². The minimum Gasteiger partial charge on any atom is -0.508 e. The van der Waals surface area contributed by atoms with E-state index >= 15 is 4.39 Å². The summed E-state index contributed by atoms with van der Waals surface area (Å²) in [6.07, 6.45) is 2.69. The quantitative estimate of drug-likeness (QED) is 0.355. The predicted octanol–water partition coefficient (Wildman–Crippen LogP) is 5.81. The highest BCUT2D eigenvalue weighted by molar-refractivity contribution is 6.35. The Balaban J connectivity index is 1.63. The SMILES string of the molecule is C=CC(=O)N1CCN(c2ncnc3c(F)c(-c4cc(O)cc5ccccc45)c(Cl)cc23)CC1C(C)C. The van der Waals surface area contributed by atoms with E-state index < -0.39 is 5.82 Å². The third kappa shape index (κ3) is 4.03. The molecule has 5 rings (SSSR count). The maximum atomic E-state index is 16.1. The molecule has 184 valence electrons. The van der Waals surface area contributed by atoms with Crippen LogP contribution in [0.25, 0.3) is 32.8 Å². The van der Waals surface area contributed by atoms with E-state index in [9.17, 15) is 9.90 Å². The molecular weight excluding hydrogens is 479 g/mol. The number of rotatable bonds is 4. The number of hydrogen-bond acceptors (Lipinski definition) is 5. The fourth-order valence-electron chi connectivity index (χ4n) is 5.08. The van der Waals surface area contributed by atoms with Gasteiger partial charge in [0.2, 0.25) is 5.91 Å². The average Bonchev–Trinajstić information content (AvgIpc) is 2.87. The van der Waals surface area contributed by atoms with E-state index in [0.717, 1.165) is 10.8 Å². The van der Waals surface area contributed by atoms with Crippen LogP contribution >= 0.6 is 11.6 Å². The Hall–Kier alpha value is -3.71. The van der Waals surface area contributed by atoms with E-state index in [1.54, 1.807) is 12.1 Å². The van der Waals surface area contributed by atoms with Gasteiger partial charge in [0.25, 0.3) is 0 Å². The topological polar surface area (TPSA) is 69.6 Å². The molecule has 1 unspecified atom stereocenters. The van der Waals surface area contributed by atoms with Crippen molar-refractivity contribution < 1.29 is 14.3 Å². The molecule has 3 aromatic carbocycles. The lowest BCUT2D eigenvalue weighted by atomic mass is 9.96. The van der Waals surface area contributed by atoms with E-state index in [1.165, 1.54) is 18.5 Å². The van der Waals surface area contributed by atoms with Gasteiger partial charge < -0.3 is 14.9 Å². The zero-order chi connectivity index (χ0) is 25.6. The van der Waals surface area contributed by atoms with E-state index in [2.05, 4.69) is 35.3 Å². The number of fused-ring (bicyclic) bond motifs is 2. The maximum absolute atomic E-state index is 16.1. The summed E-state index contributed by atoms with van der Waals surface area (Å²) in [4.78, 5) is 25.0. The highest BCUT2D eigenvalue weighted by Crippen LogP contribution is 2.42. The number of carbonyl (C=O) groups is 1. The number of hydrogen-bond donors (Lipinski definition) is 1. The minimum absolute atomic E-state index is 0.0225. The fraction of sp³-hybridized carbons (Fsp3) is 0.250. The van der Waals surface area contributed by atoms with Crippen molar-refractivity contribution in [3.8, 4) is 16.9 Å². The average molecular weight is 505 g/mol. The van der Waals surface area contributed by atoms with Crippen LogP contribution < -0.4 is 4.90 Å². The van der Waals surface area contributed by atoms with Gasteiger partial charge in [-0.3, -0.25) is 4.79 Å². The number of phenolic OH excluding ortho intramolecular Hbond substituents is 1. The molecule has 0 radical (unpaired) electrons. The summed E-state index contributed by atoms with van der Waals surface area (Å²) < 4.78 is 16.1. The van der Waals surface area contributed by atoms with Crippen LogP contribution in [0.2, 0.25) is 5.02 Å². The predicted molar refractivity (Wildman–Crippen MR) is 142 cm³/mol. The zero-order valence-electron chi connectivity index (χ0n) is 20.1. The molecule has 1 amide bonds. The summed E-state index contributed by atoms with van der Waals surface area (Å²) in [7, 11) is 0. The van der Waals surface area contributed by atoms with E-state index in [4.69, 9.17) is 11.6 Å². The van der Waals surface area contributed by atoms with Gasteiger partial charge in [0.1, 0.15) is 23.4 Å². The number of halogens is 2. The van der Waals surface area contributed by atoms with Gasteiger partial charge in [-0.15, -0.1) is 0 Å². The number of piperazine rings is 1. The number of nitrogens with zero attached hydrogens (tertiary/aromatic N) is 4. The molecule has 1 aliphatic heterocycles. The van der Waals surface area contributed by atoms with Crippen molar-refractivity contribution in [2.75, 3.05) is 24.5 Å². The Morgan fingerprint density at radius 1 is 1.19 bits per heavy atom. The first kappa shape index (κ1) is 24.0. The van der Waals surface area contributed by atoms with E-state index in [1.807, 2.05) is 29.2 Å². The van der Waals surface area contributed by atoms with Crippen molar-refractivity contribution in [1.82, 2.24) is 14.9 Å². The number of amides is 1. The Kier molecular flexibility index (Phi) is 6.26. The molecule has 1 saturated heterocycles. The molecule has 1 atom stereocenters. The number of phenols is 1. The molecule has 0 bridgehead atoms.